The molecule has 2 aromatic carbocycles. The topological polar surface area (TPSA) is 107 Å². The van der Waals surface area contributed by atoms with Crippen LogP contribution in [0, 0.1) is 0 Å². The molecule has 0 aliphatic heterocycles. The zero-order valence-corrected chi connectivity index (χ0v) is 13.5. The van der Waals surface area contributed by atoms with Gasteiger partial charge in [-0.1, -0.05) is 29.8 Å². The molecule has 2 rings (SSSR count). The van der Waals surface area contributed by atoms with Gasteiger partial charge in [0.05, 0.1) is 0 Å². The van der Waals surface area contributed by atoms with Gasteiger partial charge in [-0.25, -0.2) is 0 Å². The number of hydrogen-bond acceptors (Lipinski definition) is 4. The lowest BCUT2D eigenvalue weighted by molar-refractivity contribution is -0.113. The maximum absolute atomic E-state index is 12.4. The normalized spacial score (nSPS) is 12.9. The van der Waals surface area contributed by atoms with E-state index in [9.17, 15) is 19.6 Å². The lowest BCUT2D eigenvalue weighted by Gasteiger charge is -2.12. The van der Waals surface area contributed by atoms with Gasteiger partial charge in [0.25, 0.3) is 5.91 Å². The SMILES string of the molecule is NC(=O)/C(=C/c1ccc(O)c(O)c1)[S+]([O-])Cc1ccc(Cl)cc1. The first-order valence-electron chi connectivity index (χ1n) is 6.53. The number of halogens is 1. The molecule has 0 radical (unpaired) electrons. The first-order valence-corrected chi connectivity index (χ1v) is 8.23. The quantitative estimate of drug-likeness (QED) is 0.437. The lowest BCUT2D eigenvalue weighted by Crippen LogP contribution is -2.22. The van der Waals surface area contributed by atoms with Crippen LogP contribution in [0.3, 0.4) is 0 Å². The summed E-state index contributed by atoms with van der Waals surface area (Å²) < 4.78 is 12.4. The lowest BCUT2D eigenvalue weighted by atomic mass is 10.2. The van der Waals surface area contributed by atoms with Gasteiger partial charge in [-0.2, -0.15) is 0 Å². The molecule has 0 fully saturated rings. The number of hydrogen-bond donors (Lipinski definition) is 3. The number of benzene rings is 2. The molecule has 0 spiro atoms. The number of phenolic OH excluding ortho intramolecular Hbond substituents is 2. The van der Waals surface area contributed by atoms with Crippen LogP contribution in [-0.4, -0.2) is 20.7 Å². The molecule has 7 heteroatoms. The van der Waals surface area contributed by atoms with E-state index in [1.54, 1.807) is 24.3 Å². The number of nitrogens with two attached hydrogens (primary N) is 1. The summed E-state index contributed by atoms with van der Waals surface area (Å²) in [6, 6.07) is 10.7. The van der Waals surface area contributed by atoms with Crippen molar-refractivity contribution in [3.05, 3.63) is 63.5 Å². The Kier molecular flexibility index (Phi) is 5.54. The molecule has 2 aromatic rings. The minimum atomic E-state index is -1.66. The third-order valence-electron chi connectivity index (χ3n) is 3.00. The molecule has 0 saturated heterocycles. The second-order valence-corrected chi connectivity index (χ2v) is 6.59. The van der Waals surface area contributed by atoms with E-state index >= 15 is 0 Å². The molecule has 0 aliphatic rings. The second kappa shape index (κ2) is 7.41. The number of amides is 1. The van der Waals surface area contributed by atoms with Gasteiger partial charge in [0.2, 0.25) is 4.91 Å². The van der Waals surface area contributed by atoms with E-state index in [0.717, 1.165) is 5.56 Å². The molecule has 0 heterocycles. The second-order valence-electron chi connectivity index (χ2n) is 4.74. The number of primary amides is 1. The Morgan fingerprint density at radius 3 is 2.39 bits per heavy atom. The van der Waals surface area contributed by atoms with Gasteiger partial charge >= 0.3 is 0 Å². The van der Waals surface area contributed by atoms with Gasteiger partial charge in [0.1, 0.15) is 5.75 Å². The van der Waals surface area contributed by atoms with E-state index in [0.29, 0.717) is 10.6 Å². The predicted octanol–water partition coefficient (Wildman–Crippen LogP) is 2.53. The fourth-order valence-corrected chi connectivity index (χ4v) is 3.11. The van der Waals surface area contributed by atoms with Gasteiger partial charge in [0, 0.05) is 16.7 Å². The Labute approximate surface area is 141 Å². The van der Waals surface area contributed by atoms with Crippen LogP contribution in [0.5, 0.6) is 11.5 Å². The molecule has 0 saturated carbocycles. The van der Waals surface area contributed by atoms with Gasteiger partial charge in [-0.15, -0.1) is 0 Å². The standard InChI is InChI=1S/C16H14ClNO4S/c17-12-4-1-10(2-5-12)9-23(22)15(16(18)21)8-11-3-6-13(19)14(20)7-11/h1-8,19-20H,9H2,(H2,18,21)/b15-8-. The van der Waals surface area contributed by atoms with Crippen molar-refractivity contribution < 1.29 is 19.6 Å². The minimum Gasteiger partial charge on any atom is -0.611 e. The van der Waals surface area contributed by atoms with Crippen molar-refractivity contribution in [1.82, 2.24) is 0 Å². The van der Waals surface area contributed by atoms with E-state index in [4.69, 9.17) is 17.3 Å². The minimum absolute atomic E-state index is 0.0787. The van der Waals surface area contributed by atoms with Crippen molar-refractivity contribution in [2.45, 2.75) is 5.75 Å². The Hall–Kier alpha value is -2.15. The van der Waals surface area contributed by atoms with Crippen LogP contribution in [0.1, 0.15) is 11.1 Å². The Morgan fingerprint density at radius 2 is 1.83 bits per heavy atom. The molecule has 4 N–H and O–H groups in total. The molecule has 0 aromatic heterocycles. The highest BCUT2D eigenvalue weighted by atomic mass is 35.5. The van der Waals surface area contributed by atoms with Crippen LogP contribution in [-0.2, 0) is 21.7 Å². The highest BCUT2D eigenvalue weighted by Crippen LogP contribution is 2.27. The van der Waals surface area contributed by atoms with Gasteiger partial charge in [-0.3, -0.25) is 4.79 Å². The fourth-order valence-electron chi connectivity index (χ4n) is 1.84. The summed E-state index contributed by atoms with van der Waals surface area (Å²) >= 11 is 4.13. The monoisotopic (exact) mass is 351 g/mol. The summed E-state index contributed by atoms with van der Waals surface area (Å²) in [6.45, 7) is 0. The molecule has 1 unspecified atom stereocenters. The smallest absolute Gasteiger partial charge is 0.296 e. The zero-order chi connectivity index (χ0) is 17.0. The third kappa shape index (κ3) is 4.66. The third-order valence-corrected chi connectivity index (χ3v) is 4.65. The summed E-state index contributed by atoms with van der Waals surface area (Å²) in [4.78, 5) is 11.5. The van der Waals surface area contributed by atoms with Crippen molar-refractivity contribution in [1.29, 1.82) is 0 Å². The first kappa shape index (κ1) is 17.2. The largest absolute Gasteiger partial charge is 0.611 e. The van der Waals surface area contributed by atoms with Gasteiger partial charge in [-0.05, 0) is 41.0 Å². The number of rotatable bonds is 5. The van der Waals surface area contributed by atoms with Crippen LogP contribution in [0.25, 0.3) is 6.08 Å². The summed E-state index contributed by atoms with van der Waals surface area (Å²) in [7, 11) is 0. The number of carbonyl (C=O) groups excluding carboxylic acids is 1. The average Bonchev–Trinajstić information content (AvgIpc) is 2.50. The zero-order valence-electron chi connectivity index (χ0n) is 11.9. The van der Waals surface area contributed by atoms with Crippen LogP contribution in [0.2, 0.25) is 5.02 Å². The molecular weight excluding hydrogens is 338 g/mol. The van der Waals surface area contributed by atoms with Gasteiger partial charge < -0.3 is 20.5 Å². The van der Waals surface area contributed by atoms with Crippen LogP contribution >= 0.6 is 11.6 Å². The highest BCUT2D eigenvalue weighted by Gasteiger charge is 2.21. The van der Waals surface area contributed by atoms with E-state index < -0.39 is 17.1 Å². The van der Waals surface area contributed by atoms with Crippen LogP contribution in [0.15, 0.2) is 47.4 Å². The predicted molar refractivity (Wildman–Crippen MR) is 90.2 cm³/mol. The number of phenols is 2. The van der Waals surface area contributed by atoms with Crippen LogP contribution < -0.4 is 5.73 Å². The van der Waals surface area contributed by atoms with E-state index in [-0.39, 0.29) is 22.2 Å². The molecule has 0 bridgehead atoms. The molecule has 0 aliphatic carbocycles. The highest BCUT2D eigenvalue weighted by molar-refractivity contribution is 7.95. The molecule has 5 nitrogen and oxygen atoms in total. The summed E-state index contributed by atoms with van der Waals surface area (Å²) in [5.41, 5.74) is 6.44. The summed E-state index contributed by atoms with van der Waals surface area (Å²) in [5.74, 6) is -1.34. The molecule has 23 heavy (non-hydrogen) atoms. The maximum atomic E-state index is 12.4. The van der Waals surface area contributed by atoms with Crippen LogP contribution in [0.4, 0.5) is 0 Å². The number of aromatic hydroxyl groups is 2. The van der Waals surface area contributed by atoms with Crippen molar-refractivity contribution in [3.8, 4) is 11.5 Å². The number of carbonyl (C=O) groups is 1. The summed E-state index contributed by atoms with van der Waals surface area (Å²) in [6.07, 6.45) is 1.33. The van der Waals surface area contributed by atoms with Crippen molar-refractivity contribution >= 4 is 34.8 Å². The van der Waals surface area contributed by atoms with Crippen molar-refractivity contribution in [2.24, 2.45) is 5.73 Å². The van der Waals surface area contributed by atoms with E-state index in [2.05, 4.69) is 0 Å². The Morgan fingerprint density at radius 1 is 1.17 bits per heavy atom. The van der Waals surface area contributed by atoms with Crippen molar-refractivity contribution in [2.75, 3.05) is 0 Å². The molecular formula is C16H14ClNO4S. The van der Waals surface area contributed by atoms with E-state index in [1.165, 1.54) is 24.3 Å². The fraction of sp³-hybridized carbons (Fsp3) is 0.0625. The van der Waals surface area contributed by atoms with E-state index in [1.807, 2.05) is 0 Å². The molecule has 1 atom stereocenters. The maximum Gasteiger partial charge on any atom is 0.296 e. The summed E-state index contributed by atoms with van der Waals surface area (Å²) in [5, 5.41) is 19.3. The average molecular weight is 352 g/mol. The van der Waals surface area contributed by atoms with Gasteiger partial charge in [0.15, 0.2) is 11.5 Å². The Bertz CT molecular complexity index is 746. The molecule has 1 amide bonds. The Balaban J connectivity index is 2.26. The molecule has 120 valence electrons. The van der Waals surface area contributed by atoms with Crippen molar-refractivity contribution in [3.63, 3.8) is 0 Å². The first-order chi connectivity index (χ1) is 10.9.